The van der Waals surface area contributed by atoms with Crippen LogP contribution < -0.4 is 5.73 Å². The molecule has 0 spiro atoms. The SMILES string of the molecule is NCC(Cc1cccc(Cl)c1)Cc1c(F)cccc1Cl. The van der Waals surface area contributed by atoms with Gasteiger partial charge >= 0.3 is 0 Å². The first-order valence-electron chi connectivity index (χ1n) is 6.47. The molecule has 0 aliphatic heterocycles. The Morgan fingerprint density at radius 3 is 2.45 bits per heavy atom. The summed E-state index contributed by atoms with van der Waals surface area (Å²) in [6.07, 6.45) is 1.27. The lowest BCUT2D eigenvalue weighted by Gasteiger charge is -2.16. The van der Waals surface area contributed by atoms with Crippen molar-refractivity contribution in [3.63, 3.8) is 0 Å². The molecule has 1 atom stereocenters. The smallest absolute Gasteiger partial charge is 0.127 e. The summed E-state index contributed by atoms with van der Waals surface area (Å²) in [5.74, 6) is -0.148. The van der Waals surface area contributed by atoms with E-state index in [-0.39, 0.29) is 11.7 Å². The first-order valence-corrected chi connectivity index (χ1v) is 7.23. The van der Waals surface area contributed by atoms with E-state index in [1.165, 1.54) is 6.07 Å². The monoisotopic (exact) mass is 311 g/mol. The van der Waals surface area contributed by atoms with Gasteiger partial charge < -0.3 is 5.73 Å². The zero-order chi connectivity index (χ0) is 14.5. The van der Waals surface area contributed by atoms with Crippen LogP contribution in [0.25, 0.3) is 0 Å². The van der Waals surface area contributed by atoms with Crippen molar-refractivity contribution in [2.24, 2.45) is 11.7 Å². The molecule has 0 bridgehead atoms. The third kappa shape index (κ3) is 3.95. The topological polar surface area (TPSA) is 26.0 Å². The lowest BCUT2D eigenvalue weighted by atomic mass is 9.92. The normalized spacial score (nSPS) is 12.4. The molecule has 0 saturated heterocycles. The third-order valence-electron chi connectivity index (χ3n) is 3.30. The summed E-state index contributed by atoms with van der Waals surface area (Å²) in [6, 6.07) is 12.4. The number of benzene rings is 2. The van der Waals surface area contributed by atoms with Gasteiger partial charge in [0.25, 0.3) is 0 Å². The van der Waals surface area contributed by atoms with Crippen LogP contribution in [0.4, 0.5) is 4.39 Å². The molecule has 20 heavy (non-hydrogen) atoms. The van der Waals surface area contributed by atoms with Crippen molar-refractivity contribution in [1.82, 2.24) is 0 Å². The second-order valence-corrected chi connectivity index (χ2v) is 5.68. The molecule has 0 heterocycles. The Morgan fingerprint density at radius 1 is 1.05 bits per heavy atom. The lowest BCUT2D eigenvalue weighted by Crippen LogP contribution is -2.20. The predicted molar refractivity (Wildman–Crippen MR) is 82.8 cm³/mol. The van der Waals surface area contributed by atoms with Crippen molar-refractivity contribution in [2.75, 3.05) is 6.54 Å². The fourth-order valence-corrected chi connectivity index (χ4v) is 2.71. The molecule has 0 amide bonds. The van der Waals surface area contributed by atoms with Crippen LogP contribution >= 0.6 is 23.2 Å². The van der Waals surface area contributed by atoms with Gasteiger partial charge in [0.2, 0.25) is 0 Å². The van der Waals surface area contributed by atoms with Gasteiger partial charge in [-0.15, -0.1) is 0 Å². The summed E-state index contributed by atoms with van der Waals surface area (Å²) in [4.78, 5) is 0. The molecule has 1 nitrogen and oxygen atoms in total. The Hall–Kier alpha value is -1.09. The van der Waals surface area contributed by atoms with Gasteiger partial charge in [-0.2, -0.15) is 0 Å². The van der Waals surface area contributed by atoms with Gasteiger partial charge in [-0.25, -0.2) is 4.39 Å². The number of rotatable bonds is 5. The van der Waals surface area contributed by atoms with Crippen molar-refractivity contribution < 1.29 is 4.39 Å². The zero-order valence-electron chi connectivity index (χ0n) is 11.0. The number of halogens is 3. The van der Waals surface area contributed by atoms with E-state index in [0.29, 0.717) is 28.6 Å². The Bertz CT molecular complexity index is 566. The average molecular weight is 312 g/mol. The fraction of sp³-hybridized carbons (Fsp3) is 0.250. The number of hydrogen-bond donors (Lipinski definition) is 1. The van der Waals surface area contributed by atoms with E-state index >= 15 is 0 Å². The Labute approximate surface area is 128 Å². The molecule has 0 aliphatic rings. The minimum atomic E-state index is -0.276. The van der Waals surface area contributed by atoms with E-state index in [0.717, 1.165) is 12.0 Å². The minimum absolute atomic E-state index is 0.128. The standard InChI is InChI=1S/C16H16Cl2FN/c17-13-4-1-3-11(8-13)7-12(10-20)9-14-15(18)5-2-6-16(14)19/h1-6,8,12H,7,9-10,20H2. The highest BCUT2D eigenvalue weighted by Gasteiger charge is 2.14. The van der Waals surface area contributed by atoms with E-state index in [9.17, 15) is 4.39 Å². The minimum Gasteiger partial charge on any atom is -0.330 e. The average Bonchev–Trinajstić information content (AvgIpc) is 2.42. The lowest BCUT2D eigenvalue weighted by molar-refractivity contribution is 0.512. The van der Waals surface area contributed by atoms with Crippen molar-refractivity contribution in [2.45, 2.75) is 12.8 Å². The van der Waals surface area contributed by atoms with Gasteiger partial charge in [-0.1, -0.05) is 41.4 Å². The first kappa shape index (κ1) is 15.3. The molecule has 1 unspecified atom stereocenters. The van der Waals surface area contributed by atoms with Gasteiger partial charge in [0, 0.05) is 15.6 Å². The second kappa shape index (κ2) is 7.07. The molecule has 0 fully saturated rings. The third-order valence-corrected chi connectivity index (χ3v) is 3.89. The highest BCUT2D eigenvalue weighted by Crippen LogP contribution is 2.24. The van der Waals surface area contributed by atoms with Crippen LogP contribution in [0.2, 0.25) is 10.0 Å². The van der Waals surface area contributed by atoms with Crippen molar-refractivity contribution in [1.29, 1.82) is 0 Å². The largest absolute Gasteiger partial charge is 0.330 e. The molecule has 2 N–H and O–H groups in total. The summed E-state index contributed by atoms with van der Waals surface area (Å²) in [6.45, 7) is 0.469. The number of nitrogens with two attached hydrogens (primary N) is 1. The van der Waals surface area contributed by atoms with Crippen molar-refractivity contribution >= 4 is 23.2 Å². The van der Waals surface area contributed by atoms with Crippen molar-refractivity contribution in [3.05, 3.63) is 69.5 Å². The van der Waals surface area contributed by atoms with E-state index in [4.69, 9.17) is 28.9 Å². The second-order valence-electron chi connectivity index (χ2n) is 4.84. The first-order chi connectivity index (χ1) is 9.60. The molecule has 2 rings (SSSR count). The Balaban J connectivity index is 2.13. The van der Waals surface area contributed by atoms with E-state index in [1.807, 2.05) is 24.3 Å². The zero-order valence-corrected chi connectivity index (χ0v) is 12.5. The Morgan fingerprint density at radius 2 is 1.80 bits per heavy atom. The summed E-state index contributed by atoms with van der Waals surface area (Å²) in [5.41, 5.74) is 7.44. The predicted octanol–water partition coefficient (Wildman–Crippen LogP) is 4.49. The van der Waals surface area contributed by atoms with Crippen LogP contribution in [0.3, 0.4) is 0 Å². The Kier molecular flexibility index (Phi) is 5.41. The van der Waals surface area contributed by atoms with Gasteiger partial charge in [-0.05, 0) is 55.1 Å². The maximum Gasteiger partial charge on any atom is 0.127 e. The number of hydrogen-bond acceptors (Lipinski definition) is 1. The highest BCUT2D eigenvalue weighted by molar-refractivity contribution is 6.31. The van der Waals surface area contributed by atoms with Crippen LogP contribution in [-0.4, -0.2) is 6.54 Å². The quantitative estimate of drug-likeness (QED) is 0.865. The van der Waals surface area contributed by atoms with Crippen LogP contribution in [0.1, 0.15) is 11.1 Å². The molecule has 4 heteroatoms. The summed E-state index contributed by atoms with van der Waals surface area (Å²) >= 11 is 12.0. The van der Waals surface area contributed by atoms with Gasteiger partial charge in [-0.3, -0.25) is 0 Å². The molecule has 106 valence electrons. The van der Waals surface area contributed by atoms with Gasteiger partial charge in [0.05, 0.1) is 0 Å². The summed E-state index contributed by atoms with van der Waals surface area (Å²) in [7, 11) is 0. The van der Waals surface area contributed by atoms with Gasteiger partial charge in [0.1, 0.15) is 5.82 Å². The van der Waals surface area contributed by atoms with Crippen LogP contribution in [0, 0.1) is 11.7 Å². The molecular formula is C16H16Cl2FN. The van der Waals surface area contributed by atoms with Crippen LogP contribution in [0.15, 0.2) is 42.5 Å². The molecular weight excluding hydrogens is 296 g/mol. The van der Waals surface area contributed by atoms with Crippen molar-refractivity contribution in [3.8, 4) is 0 Å². The maximum atomic E-state index is 13.8. The fourth-order valence-electron chi connectivity index (χ4n) is 2.25. The molecule has 0 saturated carbocycles. The molecule has 0 aliphatic carbocycles. The van der Waals surface area contributed by atoms with Crippen LogP contribution in [-0.2, 0) is 12.8 Å². The summed E-state index contributed by atoms with van der Waals surface area (Å²) < 4.78 is 13.8. The maximum absolute atomic E-state index is 13.8. The van der Waals surface area contributed by atoms with Gasteiger partial charge in [0.15, 0.2) is 0 Å². The van der Waals surface area contributed by atoms with Crippen LogP contribution in [0.5, 0.6) is 0 Å². The summed E-state index contributed by atoms with van der Waals surface area (Å²) in [5, 5.41) is 1.15. The highest BCUT2D eigenvalue weighted by atomic mass is 35.5. The molecule has 0 aromatic heterocycles. The van der Waals surface area contributed by atoms with E-state index < -0.39 is 0 Å². The molecule has 2 aromatic carbocycles. The molecule has 0 radical (unpaired) electrons. The van der Waals surface area contributed by atoms with E-state index in [2.05, 4.69) is 0 Å². The van der Waals surface area contributed by atoms with E-state index in [1.54, 1.807) is 12.1 Å². The molecule has 2 aromatic rings.